The van der Waals surface area contributed by atoms with Gasteiger partial charge in [-0.3, -0.25) is 9.52 Å². The number of nitrogens with one attached hydrogen (secondary N) is 1. The molecule has 3 aliphatic rings. The molecule has 3 aromatic rings. The summed E-state index contributed by atoms with van der Waals surface area (Å²) in [4.78, 5) is 24.7. The molecule has 4 heterocycles. The average Bonchev–Trinajstić information content (AvgIpc) is 3.66. The molecule has 0 spiro atoms. The maximum Gasteiger partial charge on any atom is 0.261 e. The molecule has 1 atom stereocenters. The Hall–Kier alpha value is -3.18. The van der Waals surface area contributed by atoms with Crippen LogP contribution in [0.15, 0.2) is 30.3 Å². The summed E-state index contributed by atoms with van der Waals surface area (Å²) in [5.74, 6) is 1.04. The second-order valence-electron chi connectivity index (χ2n) is 10.4. The molecule has 1 aromatic carbocycles. The number of aryl methyl sites for hydroxylation is 1. The molecule has 0 radical (unpaired) electrons. The molecular weight excluding hydrogens is 545 g/mol. The van der Waals surface area contributed by atoms with Gasteiger partial charge in [-0.25, -0.2) is 22.8 Å². The van der Waals surface area contributed by atoms with Crippen LogP contribution >= 0.6 is 11.6 Å². The lowest BCUT2D eigenvalue weighted by Crippen LogP contribution is -2.44. The molecule has 9 nitrogen and oxygen atoms in total. The third kappa shape index (κ3) is 5.34. The Balaban J connectivity index is 1.30. The quantitative estimate of drug-likeness (QED) is 0.454. The van der Waals surface area contributed by atoms with Gasteiger partial charge in [-0.05, 0) is 49.9 Å². The first-order valence-corrected chi connectivity index (χ1v) is 15.4. The summed E-state index contributed by atoms with van der Waals surface area (Å²) in [7, 11) is -3.48. The number of hydrogen-bond donors (Lipinski definition) is 1. The van der Waals surface area contributed by atoms with Gasteiger partial charge in [0.1, 0.15) is 29.3 Å². The molecule has 12 heteroatoms. The number of halogens is 2. The van der Waals surface area contributed by atoms with E-state index in [0.717, 1.165) is 62.1 Å². The Morgan fingerprint density at radius 3 is 2.72 bits per heavy atom. The maximum absolute atomic E-state index is 15.3. The summed E-state index contributed by atoms with van der Waals surface area (Å²) in [5.41, 5.74) is 2.77. The first-order chi connectivity index (χ1) is 18.7. The van der Waals surface area contributed by atoms with Crippen molar-refractivity contribution in [3.63, 3.8) is 0 Å². The van der Waals surface area contributed by atoms with Crippen LogP contribution in [0.5, 0.6) is 5.75 Å². The van der Waals surface area contributed by atoms with Gasteiger partial charge in [0.25, 0.3) is 5.91 Å². The minimum atomic E-state index is -3.48. The lowest BCUT2D eigenvalue weighted by molar-refractivity contribution is -0.135. The topological polar surface area (TPSA) is 106 Å². The number of pyridine rings is 1. The number of carbonyl (C=O) groups excluding carboxylic acids is 1. The van der Waals surface area contributed by atoms with Crippen LogP contribution in [0, 0.1) is 5.82 Å². The monoisotopic (exact) mass is 573 g/mol. The van der Waals surface area contributed by atoms with Crippen molar-refractivity contribution in [2.75, 3.05) is 24.1 Å². The Bertz CT molecular complexity index is 1560. The van der Waals surface area contributed by atoms with E-state index in [0.29, 0.717) is 30.0 Å². The number of rotatable bonds is 7. The van der Waals surface area contributed by atoms with Crippen molar-refractivity contribution in [3.05, 3.63) is 69.6 Å². The zero-order valence-electron chi connectivity index (χ0n) is 21.5. The number of benzene rings is 1. The Morgan fingerprint density at radius 1 is 1.15 bits per heavy atom. The first-order valence-electron chi connectivity index (χ1n) is 13.1. The van der Waals surface area contributed by atoms with Crippen LogP contribution in [-0.2, 0) is 34.2 Å². The first kappa shape index (κ1) is 26.1. The van der Waals surface area contributed by atoms with Gasteiger partial charge in [-0.1, -0.05) is 17.7 Å². The van der Waals surface area contributed by atoms with Gasteiger partial charge in [0.05, 0.1) is 23.3 Å². The van der Waals surface area contributed by atoms with Crippen molar-refractivity contribution in [1.82, 2.24) is 19.4 Å². The molecule has 6 rings (SSSR count). The smallest absolute Gasteiger partial charge is 0.261 e. The van der Waals surface area contributed by atoms with E-state index < -0.39 is 21.9 Å². The third-order valence-corrected chi connectivity index (χ3v) is 8.24. The Labute approximate surface area is 231 Å². The van der Waals surface area contributed by atoms with Crippen LogP contribution in [-0.4, -0.2) is 53.2 Å². The molecule has 0 bridgehead atoms. The summed E-state index contributed by atoms with van der Waals surface area (Å²) in [6.07, 6.45) is 6.40. The number of anilines is 1. The maximum atomic E-state index is 15.3. The largest absolute Gasteiger partial charge is 0.482 e. The summed E-state index contributed by atoms with van der Waals surface area (Å²) in [5, 5.41) is 0.290. The second kappa shape index (κ2) is 10.1. The average molecular weight is 574 g/mol. The zero-order chi connectivity index (χ0) is 27.3. The van der Waals surface area contributed by atoms with Crippen molar-refractivity contribution < 1.29 is 22.3 Å². The summed E-state index contributed by atoms with van der Waals surface area (Å²) >= 11 is 6.06. The van der Waals surface area contributed by atoms with Gasteiger partial charge in [-0.15, -0.1) is 0 Å². The highest BCUT2D eigenvalue weighted by Crippen LogP contribution is 2.44. The van der Waals surface area contributed by atoms with Crippen LogP contribution in [0.2, 0.25) is 5.02 Å². The van der Waals surface area contributed by atoms with E-state index in [1.807, 2.05) is 0 Å². The summed E-state index contributed by atoms with van der Waals surface area (Å²) in [6.45, 7) is 0.901. The number of imidazole rings is 1. The fraction of sp³-hybridized carbons (Fsp3) is 0.444. The lowest BCUT2D eigenvalue weighted by Gasteiger charge is -2.37. The number of aromatic nitrogens is 3. The number of sulfonamides is 1. The molecular formula is C27H29ClFN5O4S. The van der Waals surface area contributed by atoms with Crippen molar-refractivity contribution >= 4 is 33.3 Å². The van der Waals surface area contributed by atoms with E-state index in [-0.39, 0.29) is 29.3 Å². The van der Waals surface area contributed by atoms with Crippen LogP contribution in [0.4, 0.5) is 10.2 Å². The van der Waals surface area contributed by atoms with E-state index in [1.54, 1.807) is 23.1 Å². The highest BCUT2D eigenvalue weighted by atomic mass is 35.5. The predicted octanol–water partition coefficient (Wildman–Crippen LogP) is 4.21. The second-order valence-corrected chi connectivity index (χ2v) is 12.6. The molecule has 1 N–H and O–H groups in total. The fourth-order valence-electron chi connectivity index (χ4n) is 5.56. The van der Waals surface area contributed by atoms with Gasteiger partial charge >= 0.3 is 0 Å². The third-order valence-electron chi connectivity index (χ3n) is 7.42. The predicted molar refractivity (Wildman–Crippen MR) is 144 cm³/mol. The normalized spacial score (nSPS) is 18.8. The molecule has 39 heavy (non-hydrogen) atoms. The van der Waals surface area contributed by atoms with Crippen LogP contribution in [0.25, 0.3) is 0 Å². The molecule has 1 unspecified atom stereocenters. The van der Waals surface area contributed by atoms with Gasteiger partial charge in [0, 0.05) is 42.4 Å². The molecule has 1 amide bonds. The minimum Gasteiger partial charge on any atom is -0.482 e. The number of hydrogen-bond acceptors (Lipinski definition) is 6. The molecule has 1 fully saturated rings. The van der Waals surface area contributed by atoms with Crippen LogP contribution < -0.4 is 9.46 Å². The van der Waals surface area contributed by atoms with Gasteiger partial charge in [0.2, 0.25) is 10.0 Å². The number of fused-ring (bicyclic) bond motifs is 3. The number of ether oxygens (including phenoxy) is 1. The van der Waals surface area contributed by atoms with Crippen molar-refractivity contribution in [2.24, 2.45) is 0 Å². The molecule has 2 aromatic heterocycles. The lowest BCUT2D eigenvalue weighted by atomic mass is 9.94. The molecule has 2 aliphatic heterocycles. The zero-order valence-corrected chi connectivity index (χ0v) is 23.1. The minimum absolute atomic E-state index is 0.156. The standard InChI is InChI=1S/C27H29ClFN5O4S/c1-39(36,37)32-22-10-9-21(25(31-22)16-5-6-16)38-15-24(35)34-13-11-20-27(33-12-3-2-4-23(33)30-20)26(34)18-8-7-17(28)14-19(18)29/h7-10,14,16,26H,2-6,11-13,15H2,1H3,(H,31,32). The highest BCUT2D eigenvalue weighted by molar-refractivity contribution is 7.92. The number of amides is 1. The van der Waals surface area contributed by atoms with Gasteiger partial charge in [0.15, 0.2) is 6.61 Å². The van der Waals surface area contributed by atoms with Crippen molar-refractivity contribution in [3.8, 4) is 5.75 Å². The molecule has 0 saturated heterocycles. The van der Waals surface area contributed by atoms with Crippen LogP contribution in [0.1, 0.15) is 66.1 Å². The van der Waals surface area contributed by atoms with E-state index >= 15 is 4.39 Å². The van der Waals surface area contributed by atoms with Crippen molar-refractivity contribution in [2.45, 2.75) is 57.0 Å². The molecule has 1 aliphatic carbocycles. The fourth-order valence-corrected chi connectivity index (χ4v) is 6.22. The Morgan fingerprint density at radius 2 is 1.97 bits per heavy atom. The van der Waals surface area contributed by atoms with E-state index in [4.69, 9.17) is 21.3 Å². The van der Waals surface area contributed by atoms with Gasteiger partial charge in [-0.2, -0.15) is 0 Å². The number of carbonyl (C=O) groups is 1. The molecule has 206 valence electrons. The van der Waals surface area contributed by atoms with E-state index in [2.05, 4.69) is 14.3 Å². The van der Waals surface area contributed by atoms with Crippen molar-refractivity contribution in [1.29, 1.82) is 0 Å². The van der Waals surface area contributed by atoms with E-state index in [9.17, 15) is 13.2 Å². The highest BCUT2D eigenvalue weighted by Gasteiger charge is 2.39. The molecule has 1 saturated carbocycles. The van der Waals surface area contributed by atoms with E-state index in [1.165, 1.54) is 12.1 Å². The van der Waals surface area contributed by atoms with Crippen LogP contribution in [0.3, 0.4) is 0 Å². The summed E-state index contributed by atoms with van der Waals surface area (Å²) in [6, 6.07) is 7.06. The van der Waals surface area contributed by atoms with Gasteiger partial charge < -0.3 is 14.2 Å². The Kier molecular flexibility index (Phi) is 6.74. The number of nitrogens with zero attached hydrogens (tertiary/aromatic N) is 4. The summed E-state index contributed by atoms with van der Waals surface area (Å²) < 4.78 is 49.1. The SMILES string of the molecule is CS(=O)(=O)Nc1ccc(OCC(=O)N2CCc3nc4n(c3C2c2ccc(Cl)cc2F)CCCC4)c(C2CC2)n1.